The van der Waals surface area contributed by atoms with Gasteiger partial charge in [-0.1, -0.05) is 49.6 Å². The Morgan fingerprint density at radius 3 is 2.58 bits per heavy atom. The first kappa shape index (κ1) is 23.1. The molecule has 1 aromatic rings. The van der Waals surface area contributed by atoms with Crippen molar-refractivity contribution in [2.24, 2.45) is 10.9 Å². The average Bonchev–Trinajstić information content (AvgIpc) is 3.27. The standard InChI is InChI=1S/C24H37N5O2/c1-2-25-24(26-15-13-22(30)27-17-19-9-5-3-6-10-19)28-21-14-16-29(18-21)23(31)20-11-7-4-8-12-20/h3,5-6,9-10,20-21H,2,4,7-8,11-18H2,1H3,(H,27,30)(H2,25,26,28). The van der Waals surface area contributed by atoms with Crippen molar-refractivity contribution < 1.29 is 9.59 Å². The molecule has 0 bridgehead atoms. The zero-order valence-corrected chi connectivity index (χ0v) is 18.7. The molecular weight excluding hydrogens is 390 g/mol. The Labute approximate surface area is 186 Å². The largest absolute Gasteiger partial charge is 0.357 e. The zero-order valence-electron chi connectivity index (χ0n) is 18.7. The second kappa shape index (κ2) is 12.3. The van der Waals surface area contributed by atoms with Crippen LogP contribution in [0, 0.1) is 5.92 Å². The fourth-order valence-electron chi connectivity index (χ4n) is 4.35. The van der Waals surface area contributed by atoms with Crippen LogP contribution in [-0.2, 0) is 16.1 Å². The third-order valence-corrected chi connectivity index (χ3v) is 6.08. The van der Waals surface area contributed by atoms with Gasteiger partial charge in [0.15, 0.2) is 5.96 Å². The Morgan fingerprint density at radius 1 is 1.06 bits per heavy atom. The van der Waals surface area contributed by atoms with Crippen molar-refractivity contribution in [2.45, 2.75) is 64.5 Å². The van der Waals surface area contributed by atoms with Crippen molar-refractivity contribution >= 4 is 17.8 Å². The molecule has 2 amide bonds. The fraction of sp³-hybridized carbons (Fsp3) is 0.625. The molecule has 1 aromatic carbocycles. The van der Waals surface area contributed by atoms with E-state index in [-0.39, 0.29) is 17.9 Å². The number of hydrogen-bond donors (Lipinski definition) is 3. The van der Waals surface area contributed by atoms with Gasteiger partial charge in [0.2, 0.25) is 11.8 Å². The van der Waals surface area contributed by atoms with E-state index in [1.165, 1.54) is 19.3 Å². The Balaban J connectivity index is 1.40. The van der Waals surface area contributed by atoms with E-state index in [9.17, 15) is 9.59 Å². The van der Waals surface area contributed by atoms with Gasteiger partial charge in [0, 0.05) is 44.6 Å². The third kappa shape index (κ3) is 7.56. The molecule has 7 nitrogen and oxygen atoms in total. The second-order valence-electron chi connectivity index (χ2n) is 8.52. The fourth-order valence-corrected chi connectivity index (χ4v) is 4.35. The molecule has 0 radical (unpaired) electrons. The van der Waals surface area contributed by atoms with Crippen LogP contribution in [0.1, 0.15) is 57.4 Å². The van der Waals surface area contributed by atoms with Crippen LogP contribution in [0.5, 0.6) is 0 Å². The highest BCUT2D eigenvalue weighted by Gasteiger charge is 2.31. The molecule has 1 aliphatic heterocycles. The van der Waals surface area contributed by atoms with Crippen LogP contribution in [0.2, 0.25) is 0 Å². The Morgan fingerprint density at radius 2 is 1.84 bits per heavy atom. The summed E-state index contributed by atoms with van der Waals surface area (Å²) in [6.45, 7) is 5.29. The normalized spacial score (nSPS) is 19.8. The smallest absolute Gasteiger partial charge is 0.225 e. The Bertz CT molecular complexity index is 731. The van der Waals surface area contributed by atoms with Gasteiger partial charge in [-0.3, -0.25) is 14.6 Å². The first-order valence-corrected chi connectivity index (χ1v) is 11.8. The molecule has 2 aliphatic rings. The number of aliphatic imine (C=N–C) groups is 1. The quantitative estimate of drug-likeness (QED) is 0.439. The maximum absolute atomic E-state index is 12.8. The van der Waals surface area contributed by atoms with Crippen molar-refractivity contribution in [1.82, 2.24) is 20.9 Å². The summed E-state index contributed by atoms with van der Waals surface area (Å²) >= 11 is 0. The molecule has 1 saturated carbocycles. The van der Waals surface area contributed by atoms with Crippen molar-refractivity contribution in [3.05, 3.63) is 35.9 Å². The lowest BCUT2D eigenvalue weighted by Gasteiger charge is -2.26. The van der Waals surface area contributed by atoms with E-state index in [0.29, 0.717) is 25.4 Å². The number of likely N-dealkylation sites (tertiary alicyclic amines) is 1. The van der Waals surface area contributed by atoms with Crippen LogP contribution in [0.3, 0.4) is 0 Å². The van der Waals surface area contributed by atoms with Gasteiger partial charge in [-0.2, -0.15) is 0 Å². The minimum atomic E-state index is -0.00595. The van der Waals surface area contributed by atoms with Gasteiger partial charge in [0.05, 0.1) is 6.54 Å². The lowest BCUT2D eigenvalue weighted by atomic mass is 9.88. The van der Waals surface area contributed by atoms with E-state index in [0.717, 1.165) is 50.4 Å². The average molecular weight is 428 g/mol. The molecule has 0 aromatic heterocycles. The number of nitrogens with one attached hydrogen (secondary N) is 3. The minimum Gasteiger partial charge on any atom is -0.357 e. The van der Waals surface area contributed by atoms with E-state index in [1.54, 1.807) is 0 Å². The Kier molecular flexibility index (Phi) is 9.18. The molecule has 3 N–H and O–H groups in total. The van der Waals surface area contributed by atoms with Gasteiger partial charge in [0.25, 0.3) is 0 Å². The molecule has 0 spiro atoms. The predicted molar refractivity (Wildman–Crippen MR) is 124 cm³/mol. The first-order valence-electron chi connectivity index (χ1n) is 11.8. The summed E-state index contributed by atoms with van der Waals surface area (Å²) in [4.78, 5) is 31.5. The van der Waals surface area contributed by atoms with Gasteiger partial charge in [-0.25, -0.2) is 0 Å². The van der Waals surface area contributed by atoms with E-state index in [4.69, 9.17) is 0 Å². The number of nitrogens with zero attached hydrogens (tertiary/aromatic N) is 2. The molecule has 31 heavy (non-hydrogen) atoms. The highest BCUT2D eigenvalue weighted by atomic mass is 16.2. The predicted octanol–water partition coefficient (Wildman–Crippen LogP) is 2.43. The maximum Gasteiger partial charge on any atom is 0.225 e. The zero-order chi connectivity index (χ0) is 21.9. The van der Waals surface area contributed by atoms with E-state index < -0.39 is 0 Å². The topological polar surface area (TPSA) is 85.8 Å². The van der Waals surface area contributed by atoms with Gasteiger partial charge in [-0.15, -0.1) is 0 Å². The molecule has 1 aliphatic carbocycles. The van der Waals surface area contributed by atoms with Crippen molar-refractivity contribution in [1.29, 1.82) is 0 Å². The number of guanidine groups is 1. The van der Waals surface area contributed by atoms with Crippen LogP contribution in [0.15, 0.2) is 35.3 Å². The SMILES string of the molecule is CCNC(=NCCC(=O)NCc1ccccc1)NC1CCN(C(=O)C2CCCCC2)C1. The lowest BCUT2D eigenvalue weighted by Crippen LogP contribution is -2.45. The minimum absolute atomic E-state index is 0.00595. The van der Waals surface area contributed by atoms with E-state index >= 15 is 0 Å². The van der Waals surface area contributed by atoms with E-state index in [2.05, 4.69) is 20.9 Å². The molecule has 1 atom stereocenters. The van der Waals surface area contributed by atoms with Crippen LogP contribution in [0.25, 0.3) is 0 Å². The monoisotopic (exact) mass is 427 g/mol. The summed E-state index contributed by atoms with van der Waals surface area (Å²) in [5, 5.41) is 9.64. The van der Waals surface area contributed by atoms with Gasteiger partial charge < -0.3 is 20.9 Å². The lowest BCUT2D eigenvalue weighted by molar-refractivity contribution is -0.135. The molecule has 2 fully saturated rings. The number of hydrogen-bond acceptors (Lipinski definition) is 3. The summed E-state index contributed by atoms with van der Waals surface area (Å²) in [5.41, 5.74) is 1.09. The number of benzene rings is 1. The number of amides is 2. The summed E-state index contributed by atoms with van der Waals surface area (Å²) in [5.74, 6) is 1.27. The molecule has 170 valence electrons. The van der Waals surface area contributed by atoms with Crippen molar-refractivity contribution in [3.8, 4) is 0 Å². The molecule has 1 heterocycles. The van der Waals surface area contributed by atoms with Gasteiger partial charge in [-0.05, 0) is 31.7 Å². The summed E-state index contributed by atoms with van der Waals surface area (Å²) in [6, 6.07) is 10.1. The highest BCUT2D eigenvalue weighted by molar-refractivity contribution is 5.82. The number of carbonyl (C=O) groups excluding carboxylic acids is 2. The van der Waals surface area contributed by atoms with Crippen LogP contribution < -0.4 is 16.0 Å². The molecule has 1 saturated heterocycles. The maximum atomic E-state index is 12.8. The number of carbonyl (C=O) groups is 2. The highest BCUT2D eigenvalue weighted by Crippen LogP contribution is 2.26. The van der Waals surface area contributed by atoms with Gasteiger partial charge >= 0.3 is 0 Å². The van der Waals surface area contributed by atoms with Crippen LogP contribution in [0.4, 0.5) is 0 Å². The third-order valence-electron chi connectivity index (χ3n) is 6.08. The van der Waals surface area contributed by atoms with Crippen molar-refractivity contribution in [3.63, 3.8) is 0 Å². The molecular formula is C24H37N5O2. The van der Waals surface area contributed by atoms with E-state index in [1.807, 2.05) is 42.2 Å². The van der Waals surface area contributed by atoms with Crippen molar-refractivity contribution in [2.75, 3.05) is 26.2 Å². The molecule has 1 unspecified atom stereocenters. The number of rotatable bonds is 8. The summed E-state index contributed by atoms with van der Waals surface area (Å²) in [7, 11) is 0. The second-order valence-corrected chi connectivity index (χ2v) is 8.52. The van der Waals surface area contributed by atoms with Crippen LogP contribution in [-0.4, -0.2) is 54.9 Å². The van der Waals surface area contributed by atoms with Gasteiger partial charge in [0.1, 0.15) is 0 Å². The first-order chi connectivity index (χ1) is 15.2. The molecule has 3 rings (SSSR count). The summed E-state index contributed by atoms with van der Waals surface area (Å²) in [6.07, 6.45) is 7.00. The van der Waals surface area contributed by atoms with Crippen LogP contribution >= 0.6 is 0 Å². The Hall–Kier alpha value is -2.57. The summed E-state index contributed by atoms with van der Waals surface area (Å²) < 4.78 is 0. The molecule has 7 heteroatoms.